The summed E-state index contributed by atoms with van der Waals surface area (Å²) < 4.78 is 5.31. The van der Waals surface area contributed by atoms with Gasteiger partial charge in [0.2, 0.25) is 0 Å². The topological polar surface area (TPSA) is 41.6 Å². The molecule has 0 bridgehead atoms. The van der Waals surface area contributed by atoms with Crippen LogP contribution in [0.3, 0.4) is 0 Å². The van der Waals surface area contributed by atoms with Gasteiger partial charge >= 0.3 is 6.09 Å². The molecule has 1 aromatic rings. The summed E-state index contributed by atoms with van der Waals surface area (Å²) in [6.07, 6.45) is 0.738. The first kappa shape index (κ1) is 11.9. The molecule has 0 radical (unpaired) electrons. The lowest BCUT2D eigenvalue weighted by molar-refractivity contribution is 0.146. The van der Waals surface area contributed by atoms with Crippen LogP contribution in [-0.2, 0) is 6.42 Å². The Hall–Kier alpha value is -1.55. The summed E-state index contributed by atoms with van der Waals surface area (Å²) in [4.78, 5) is 13.5. The van der Waals surface area contributed by atoms with E-state index in [0.717, 1.165) is 19.5 Å². The SMILES string of the molecule is CCc1ccc(OC(=O)N2CCNCC2)cc1. The van der Waals surface area contributed by atoms with Gasteiger partial charge in [0.05, 0.1) is 0 Å². The number of rotatable bonds is 2. The smallest absolute Gasteiger partial charge is 0.410 e. The number of benzene rings is 1. The minimum atomic E-state index is -0.254. The van der Waals surface area contributed by atoms with Gasteiger partial charge in [0.1, 0.15) is 5.75 Å². The molecule has 1 aliphatic heterocycles. The number of piperazine rings is 1. The van der Waals surface area contributed by atoms with Gasteiger partial charge in [0.25, 0.3) is 0 Å². The van der Waals surface area contributed by atoms with Crippen molar-refractivity contribution in [3.63, 3.8) is 0 Å². The summed E-state index contributed by atoms with van der Waals surface area (Å²) in [5.41, 5.74) is 1.24. The first-order valence-corrected chi connectivity index (χ1v) is 6.06. The van der Waals surface area contributed by atoms with Crippen LogP contribution in [0, 0.1) is 0 Å². The third kappa shape index (κ3) is 3.20. The van der Waals surface area contributed by atoms with Gasteiger partial charge in [-0.2, -0.15) is 0 Å². The molecule has 1 amide bonds. The Morgan fingerprint density at radius 3 is 2.53 bits per heavy atom. The zero-order valence-electron chi connectivity index (χ0n) is 10.1. The average Bonchev–Trinajstić information content (AvgIpc) is 2.40. The largest absolute Gasteiger partial charge is 0.415 e. The number of hydrogen-bond acceptors (Lipinski definition) is 3. The lowest BCUT2D eigenvalue weighted by Crippen LogP contribution is -2.47. The lowest BCUT2D eigenvalue weighted by Gasteiger charge is -2.26. The molecule has 0 saturated carbocycles. The van der Waals surface area contributed by atoms with Crippen LogP contribution in [0.5, 0.6) is 5.75 Å². The first-order chi connectivity index (χ1) is 8.29. The zero-order valence-corrected chi connectivity index (χ0v) is 10.1. The van der Waals surface area contributed by atoms with Gasteiger partial charge in [-0.05, 0) is 24.1 Å². The molecule has 0 unspecified atom stereocenters. The molecule has 4 nitrogen and oxygen atoms in total. The maximum absolute atomic E-state index is 11.8. The Bertz CT molecular complexity index is 370. The summed E-state index contributed by atoms with van der Waals surface area (Å²) in [5, 5.41) is 3.20. The van der Waals surface area contributed by atoms with E-state index in [4.69, 9.17) is 4.74 Å². The zero-order chi connectivity index (χ0) is 12.1. The van der Waals surface area contributed by atoms with E-state index in [-0.39, 0.29) is 6.09 Å². The van der Waals surface area contributed by atoms with Crippen LogP contribution in [0.4, 0.5) is 4.79 Å². The third-order valence-corrected chi connectivity index (χ3v) is 2.91. The second-order valence-electron chi connectivity index (χ2n) is 4.10. The van der Waals surface area contributed by atoms with Crippen molar-refractivity contribution in [2.75, 3.05) is 26.2 Å². The highest BCUT2D eigenvalue weighted by atomic mass is 16.6. The number of aryl methyl sites for hydroxylation is 1. The van der Waals surface area contributed by atoms with E-state index in [1.165, 1.54) is 5.56 Å². The van der Waals surface area contributed by atoms with Crippen LogP contribution in [0.15, 0.2) is 24.3 Å². The standard InChI is InChI=1S/C13H18N2O2/c1-2-11-3-5-12(6-4-11)17-13(16)15-9-7-14-8-10-15/h3-6,14H,2,7-10H2,1H3. The summed E-state index contributed by atoms with van der Waals surface area (Å²) in [5.74, 6) is 0.616. The van der Waals surface area contributed by atoms with Crippen molar-refractivity contribution in [2.45, 2.75) is 13.3 Å². The monoisotopic (exact) mass is 234 g/mol. The van der Waals surface area contributed by atoms with E-state index in [9.17, 15) is 4.79 Å². The molecule has 92 valence electrons. The molecule has 1 saturated heterocycles. The molecular weight excluding hydrogens is 216 g/mol. The fourth-order valence-corrected chi connectivity index (χ4v) is 1.81. The van der Waals surface area contributed by atoms with Crippen LogP contribution in [0.2, 0.25) is 0 Å². The average molecular weight is 234 g/mol. The summed E-state index contributed by atoms with van der Waals surface area (Å²) in [6.45, 7) is 5.20. The Labute approximate surface area is 102 Å². The van der Waals surface area contributed by atoms with Crippen molar-refractivity contribution >= 4 is 6.09 Å². The Kier molecular flexibility index (Phi) is 3.98. The van der Waals surface area contributed by atoms with Crippen molar-refractivity contribution in [2.24, 2.45) is 0 Å². The summed E-state index contributed by atoms with van der Waals surface area (Å²) in [6, 6.07) is 7.67. The molecule has 2 rings (SSSR count). The highest BCUT2D eigenvalue weighted by Gasteiger charge is 2.17. The number of carbonyl (C=O) groups is 1. The normalized spacial score (nSPS) is 15.7. The van der Waals surface area contributed by atoms with Gasteiger partial charge in [0.15, 0.2) is 0 Å². The van der Waals surface area contributed by atoms with Crippen LogP contribution in [0.25, 0.3) is 0 Å². The Morgan fingerprint density at radius 2 is 1.94 bits per heavy atom. The van der Waals surface area contributed by atoms with Crippen LogP contribution >= 0.6 is 0 Å². The number of amides is 1. The van der Waals surface area contributed by atoms with Gasteiger partial charge in [-0.3, -0.25) is 0 Å². The fraction of sp³-hybridized carbons (Fsp3) is 0.462. The van der Waals surface area contributed by atoms with Crippen molar-refractivity contribution in [3.05, 3.63) is 29.8 Å². The number of hydrogen-bond donors (Lipinski definition) is 1. The van der Waals surface area contributed by atoms with Crippen LogP contribution in [0.1, 0.15) is 12.5 Å². The molecule has 17 heavy (non-hydrogen) atoms. The van der Waals surface area contributed by atoms with E-state index in [2.05, 4.69) is 12.2 Å². The molecule has 0 aromatic heterocycles. The predicted octanol–water partition coefficient (Wildman–Crippen LogP) is 1.65. The van der Waals surface area contributed by atoms with E-state index < -0.39 is 0 Å². The molecule has 1 aromatic carbocycles. The molecular formula is C13H18N2O2. The maximum atomic E-state index is 11.8. The van der Waals surface area contributed by atoms with Gasteiger partial charge in [-0.15, -0.1) is 0 Å². The highest BCUT2D eigenvalue weighted by Crippen LogP contribution is 2.13. The third-order valence-electron chi connectivity index (χ3n) is 2.91. The van der Waals surface area contributed by atoms with Gasteiger partial charge < -0.3 is 15.0 Å². The minimum absolute atomic E-state index is 0.254. The summed E-state index contributed by atoms with van der Waals surface area (Å²) >= 11 is 0. The molecule has 1 heterocycles. The number of ether oxygens (including phenoxy) is 1. The minimum Gasteiger partial charge on any atom is -0.410 e. The van der Waals surface area contributed by atoms with Crippen LogP contribution < -0.4 is 10.1 Å². The number of carbonyl (C=O) groups excluding carboxylic acids is 1. The maximum Gasteiger partial charge on any atom is 0.415 e. The number of nitrogens with zero attached hydrogens (tertiary/aromatic N) is 1. The van der Waals surface area contributed by atoms with Crippen molar-refractivity contribution in [3.8, 4) is 5.75 Å². The fourth-order valence-electron chi connectivity index (χ4n) is 1.81. The van der Waals surface area contributed by atoms with E-state index in [1.807, 2.05) is 24.3 Å². The van der Waals surface area contributed by atoms with Gasteiger partial charge in [0, 0.05) is 26.2 Å². The Balaban J connectivity index is 1.92. The molecule has 0 aliphatic carbocycles. The van der Waals surface area contributed by atoms with E-state index in [0.29, 0.717) is 18.8 Å². The molecule has 0 spiro atoms. The van der Waals surface area contributed by atoms with Gasteiger partial charge in [-0.1, -0.05) is 19.1 Å². The van der Waals surface area contributed by atoms with E-state index in [1.54, 1.807) is 4.90 Å². The van der Waals surface area contributed by atoms with Crippen molar-refractivity contribution < 1.29 is 9.53 Å². The molecule has 1 N–H and O–H groups in total. The van der Waals surface area contributed by atoms with Crippen molar-refractivity contribution in [1.82, 2.24) is 10.2 Å². The molecule has 1 fully saturated rings. The second-order valence-corrected chi connectivity index (χ2v) is 4.10. The van der Waals surface area contributed by atoms with Gasteiger partial charge in [-0.25, -0.2) is 4.79 Å². The first-order valence-electron chi connectivity index (χ1n) is 6.06. The quantitative estimate of drug-likeness (QED) is 0.846. The molecule has 0 atom stereocenters. The predicted molar refractivity (Wildman–Crippen MR) is 66.3 cm³/mol. The van der Waals surface area contributed by atoms with Crippen LogP contribution in [-0.4, -0.2) is 37.2 Å². The lowest BCUT2D eigenvalue weighted by atomic mass is 10.2. The highest BCUT2D eigenvalue weighted by molar-refractivity contribution is 5.70. The molecule has 1 aliphatic rings. The van der Waals surface area contributed by atoms with E-state index >= 15 is 0 Å². The number of nitrogens with one attached hydrogen (secondary N) is 1. The Morgan fingerprint density at radius 1 is 1.29 bits per heavy atom. The second kappa shape index (κ2) is 5.68. The summed E-state index contributed by atoms with van der Waals surface area (Å²) in [7, 11) is 0. The van der Waals surface area contributed by atoms with Crippen molar-refractivity contribution in [1.29, 1.82) is 0 Å². The molecule has 4 heteroatoms.